The van der Waals surface area contributed by atoms with E-state index in [0.29, 0.717) is 53.5 Å². The van der Waals surface area contributed by atoms with Gasteiger partial charge in [0.2, 0.25) is 0 Å². The third kappa shape index (κ3) is 8.93. The summed E-state index contributed by atoms with van der Waals surface area (Å²) in [5, 5.41) is 3.00. The highest BCUT2D eigenvalue weighted by Gasteiger charge is 2.40. The number of nitrogens with one attached hydrogen (secondary N) is 1. The maximum atomic E-state index is 14.0. The first-order valence-electron chi connectivity index (χ1n) is 15.9. The Labute approximate surface area is 275 Å². The van der Waals surface area contributed by atoms with Crippen molar-refractivity contribution < 1.29 is 45.1 Å². The number of benzene rings is 2. The lowest BCUT2D eigenvalue weighted by Crippen LogP contribution is -2.35. The van der Waals surface area contributed by atoms with Crippen molar-refractivity contribution >= 4 is 17.4 Å². The molecule has 12 heteroatoms. The van der Waals surface area contributed by atoms with Gasteiger partial charge >= 0.3 is 18.3 Å². The van der Waals surface area contributed by atoms with Crippen LogP contribution in [-0.4, -0.2) is 29.9 Å². The minimum atomic E-state index is -5.05. The molecule has 0 spiro atoms. The van der Waals surface area contributed by atoms with E-state index in [1.54, 1.807) is 26.1 Å². The molecule has 0 radical (unpaired) electrons. The maximum Gasteiger partial charge on any atom is 0.416 e. The fraction of sp³-hybridized carbons (Fsp3) is 0.472. The third-order valence-electron chi connectivity index (χ3n) is 9.18. The van der Waals surface area contributed by atoms with E-state index in [0.717, 1.165) is 37.8 Å². The predicted molar refractivity (Wildman–Crippen MR) is 168 cm³/mol. The van der Waals surface area contributed by atoms with Gasteiger partial charge in [0.05, 0.1) is 41.6 Å². The van der Waals surface area contributed by atoms with Crippen LogP contribution in [-0.2, 0) is 32.1 Å². The Morgan fingerprint density at radius 1 is 0.875 bits per heavy atom. The summed E-state index contributed by atoms with van der Waals surface area (Å²) in [5.41, 5.74) is -2.01. The van der Waals surface area contributed by atoms with E-state index in [1.165, 1.54) is 26.0 Å². The molecule has 1 aromatic heterocycles. The molecule has 0 atom stereocenters. The van der Waals surface area contributed by atoms with Crippen molar-refractivity contribution in [2.45, 2.75) is 89.9 Å². The van der Waals surface area contributed by atoms with Gasteiger partial charge in [-0.2, -0.15) is 26.3 Å². The molecular weight excluding hydrogens is 641 g/mol. The Kier molecular flexibility index (Phi) is 11.3. The second-order valence-electron chi connectivity index (χ2n) is 12.9. The van der Waals surface area contributed by atoms with Crippen LogP contribution in [0.2, 0.25) is 0 Å². The number of pyridine rings is 1. The number of hydrogen-bond acceptors (Lipinski definition) is 5. The molecule has 0 bridgehead atoms. The number of carbonyl (C=O) groups excluding carboxylic acids is 2. The summed E-state index contributed by atoms with van der Waals surface area (Å²) in [7, 11) is 0. The lowest BCUT2D eigenvalue weighted by Gasteiger charge is -2.29. The van der Waals surface area contributed by atoms with Crippen LogP contribution in [0.4, 0.5) is 36.4 Å². The van der Waals surface area contributed by atoms with Crippen molar-refractivity contribution in [3.8, 4) is 11.1 Å². The number of aryl methyl sites for hydroxylation is 1. The Morgan fingerprint density at radius 3 is 2.04 bits per heavy atom. The second kappa shape index (κ2) is 14.7. The zero-order valence-electron chi connectivity index (χ0n) is 27.2. The molecule has 48 heavy (non-hydrogen) atoms. The third-order valence-corrected chi connectivity index (χ3v) is 9.18. The smallest absolute Gasteiger partial charge is 0.416 e. The number of ether oxygens (including phenoxy) is 1. The predicted octanol–water partition coefficient (Wildman–Crippen LogP) is 9.81. The summed E-state index contributed by atoms with van der Waals surface area (Å²) < 4.78 is 100. The van der Waals surface area contributed by atoms with E-state index in [4.69, 9.17) is 4.74 Å². The highest BCUT2D eigenvalue weighted by molar-refractivity contribution is 5.93. The molecule has 3 aromatic rings. The molecule has 1 aliphatic carbocycles. The van der Waals surface area contributed by atoms with Crippen molar-refractivity contribution in [1.29, 1.82) is 0 Å². The summed E-state index contributed by atoms with van der Waals surface area (Å²) in [6.45, 7) is 5.99. The van der Waals surface area contributed by atoms with Crippen molar-refractivity contribution in [1.82, 2.24) is 4.98 Å². The Bertz CT molecular complexity index is 1590. The summed E-state index contributed by atoms with van der Waals surface area (Å²) in [6, 6.07) is 7.33. The first-order chi connectivity index (χ1) is 22.4. The average molecular weight is 681 g/mol. The molecule has 4 rings (SSSR count). The van der Waals surface area contributed by atoms with E-state index in [9.17, 15) is 40.3 Å². The molecule has 260 valence electrons. The number of hydrogen-bond donors (Lipinski definition) is 1. The number of rotatable bonds is 11. The number of anilines is 1. The number of halogens is 7. The van der Waals surface area contributed by atoms with Gasteiger partial charge in [0, 0.05) is 23.6 Å². The molecule has 0 aliphatic heterocycles. The lowest BCUT2D eigenvalue weighted by molar-refractivity contribution is -0.144. The Morgan fingerprint density at radius 2 is 1.48 bits per heavy atom. The van der Waals surface area contributed by atoms with Crippen LogP contribution >= 0.6 is 0 Å². The van der Waals surface area contributed by atoms with Crippen LogP contribution < -0.4 is 5.32 Å². The van der Waals surface area contributed by atoms with Gasteiger partial charge < -0.3 is 10.1 Å². The molecule has 1 heterocycles. The monoisotopic (exact) mass is 680 g/mol. The van der Waals surface area contributed by atoms with E-state index >= 15 is 0 Å². The maximum absolute atomic E-state index is 14.0. The Balaban J connectivity index is 1.58. The summed E-state index contributed by atoms with van der Waals surface area (Å²) in [6.07, 6.45) is -3.91. The van der Waals surface area contributed by atoms with Crippen LogP contribution in [0.5, 0.6) is 0 Å². The normalized spacial score (nSPS) is 17.2. The Hall–Kier alpha value is -3.96. The van der Waals surface area contributed by atoms with Crippen LogP contribution in [0.15, 0.2) is 48.7 Å². The molecule has 2 aromatic carbocycles. The van der Waals surface area contributed by atoms with Crippen molar-refractivity contribution in [3.05, 3.63) is 82.4 Å². The topological polar surface area (TPSA) is 68.3 Å². The quantitative estimate of drug-likeness (QED) is 0.161. The van der Waals surface area contributed by atoms with Crippen LogP contribution in [0, 0.1) is 18.7 Å². The largest absolute Gasteiger partial charge is 0.466 e. The number of nitrogens with zero attached hydrogens (tertiary/aromatic N) is 1. The molecule has 5 nitrogen and oxygen atoms in total. The van der Waals surface area contributed by atoms with E-state index in [2.05, 4.69) is 10.3 Å². The molecule has 0 saturated heterocycles. The van der Waals surface area contributed by atoms with Gasteiger partial charge in [-0.25, -0.2) is 4.39 Å². The van der Waals surface area contributed by atoms with Crippen LogP contribution in [0.25, 0.3) is 11.1 Å². The zero-order chi connectivity index (χ0) is 35.4. The zero-order valence-corrected chi connectivity index (χ0v) is 27.2. The minimum absolute atomic E-state index is 0.0306. The highest BCUT2D eigenvalue weighted by atomic mass is 19.4. The van der Waals surface area contributed by atoms with Gasteiger partial charge in [0.1, 0.15) is 5.82 Å². The fourth-order valence-corrected chi connectivity index (χ4v) is 6.16. The van der Waals surface area contributed by atoms with Crippen molar-refractivity contribution in [2.75, 3.05) is 18.5 Å². The summed E-state index contributed by atoms with van der Waals surface area (Å²) in [4.78, 5) is 29.9. The second-order valence-corrected chi connectivity index (χ2v) is 12.9. The molecular formula is C36H39F7N2O3. The van der Waals surface area contributed by atoms with Gasteiger partial charge in [0.25, 0.3) is 0 Å². The summed E-state index contributed by atoms with van der Waals surface area (Å²) in [5.74, 6) is -0.767. The highest BCUT2D eigenvalue weighted by Crippen LogP contribution is 2.41. The molecule has 0 amide bonds. The molecule has 1 saturated carbocycles. The van der Waals surface area contributed by atoms with Gasteiger partial charge in [-0.3, -0.25) is 14.6 Å². The number of aromatic nitrogens is 1. The number of alkyl halides is 6. The molecule has 1 aliphatic rings. The number of carbonyl (C=O) groups is 2. The fourth-order valence-electron chi connectivity index (χ4n) is 6.16. The van der Waals surface area contributed by atoms with Gasteiger partial charge in [-0.05, 0) is 119 Å². The average Bonchev–Trinajstić information content (AvgIpc) is 3.02. The molecule has 1 N–H and O–H groups in total. The SMILES string of the molecule is CCOC(=O)CCC1CCC(c2cc(-c3ccc(F)cc3C)c(NCC(=O)C(C)(C)c3cc(C(F)(F)F)cc(C(F)(F)F)c3)cn2)CC1. The first-order valence-corrected chi connectivity index (χ1v) is 15.9. The van der Waals surface area contributed by atoms with E-state index in [-0.39, 0.29) is 18.0 Å². The molecule has 0 unspecified atom stereocenters. The number of esters is 1. The first kappa shape index (κ1) is 36.9. The van der Waals surface area contributed by atoms with Gasteiger partial charge in [-0.15, -0.1) is 0 Å². The number of Topliss-reactive ketones (excluding diaryl/α,β-unsaturated/α-hetero) is 1. The van der Waals surface area contributed by atoms with Crippen molar-refractivity contribution in [2.24, 2.45) is 5.92 Å². The molecule has 1 fully saturated rings. The van der Waals surface area contributed by atoms with Gasteiger partial charge in [0.15, 0.2) is 5.78 Å². The van der Waals surface area contributed by atoms with Crippen LogP contribution in [0.1, 0.15) is 93.2 Å². The van der Waals surface area contributed by atoms with E-state index < -0.39 is 52.6 Å². The summed E-state index contributed by atoms with van der Waals surface area (Å²) >= 11 is 0. The van der Waals surface area contributed by atoms with Crippen molar-refractivity contribution in [3.63, 3.8) is 0 Å². The van der Waals surface area contributed by atoms with E-state index in [1.807, 2.05) is 6.07 Å². The number of ketones is 1. The standard InChI is InChI=1S/C36H39F7N2O3/c1-5-48-33(47)13-8-22-6-9-23(10-7-22)30-18-29(28-12-11-27(37)14-21(28)2)31(19-44-30)45-20-32(46)34(3,4)24-15-25(35(38,39)40)17-26(16-24)36(41,42)43/h11-12,14-19,22-23,45H,5-10,13,20H2,1-4H3. The van der Waals surface area contributed by atoms with Crippen LogP contribution in [0.3, 0.4) is 0 Å². The minimum Gasteiger partial charge on any atom is -0.466 e. The lowest BCUT2D eigenvalue weighted by atomic mass is 9.78. The van der Waals surface area contributed by atoms with Gasteiger partial charge in [-0.1, -0.05) is 6.07 Å².